The van der Waals surface area contributed by atoms with Gasteiger partial charge < -0.3 is 29.9 Å². The lowest BCUT2D eigenvalue weighted by molar-refractivity contribution is -0.134. The Bertz CT molecular complexity index is 966. The van der Waals surface area contributed by atoms with E-state index in [9.17, 15) is 28.3 Å². The number of carbonyl (C=O) groups is 1. The monoisotopic (exact) mass is 507 g/mol. The molecule has 35 heavy (non-hydrogen) atoms. The van der Waals surface area contributed by atoms with Gasteiger partial charge in [-0.2, -0.15) is 4.31 Å². The standard InChI is InChI=1S/C22H35B2N3O7S/c1-16-2-4-20(5-3-16)35(32,33)27-12-8-18(9-13-27)24(31)34-19-14-21(25-15-19)22(28)26-10-6-17(7-11-26)23(29)30/h2-5,17-19,21,25,29-31H,6-15H2,1H3. The van der Waals surface area contributed by atoms with Crippen LogP contribution >= 0.6 is 0 Å². The number of nitrogens with zero attached hydrogens (tertiary/aromatic N) is 2. The van der Waals surface area contributed by atoms with Gasteiger partial charge in [-0.15, -0.1) is 0 Å². The summed E-state index contributed by atoms with van der Waals surface area (Å²) >= 11 is 0. The second kappa shape index (κ2) is 11.3. The van der Waals surface area contributed by atoms with E-state index in [1.165, 1.54) is 4.31 Å². The quantitative estimate of drug-likeness (QED) is 0.374. The summed E-state index contributed by atoms with van der Waals surface area (Å²) in [5.74, 6) is -0.385. The molecule has 4 N–H and O–H groups in total. The van der Waals surface area contributed by atoms with Gasteiger partial charge in [0, 0.05) is 32.7 Å². The van der Waals surface area contributed by atoms with E-state index in [1.807, 2.05) is 6.92 Å². The Labute approximate surface area is 208 Å². The van der Waals surface area contributed by atoms with Crippen molar-refractivity contribution in [1.82, 2.24) is 14.5 Å². The summed E-state index contributed by atoms with van der Waals surface area (Å²) < 4.78 is 33.1. The molecule has 3 saturated heterocycles. The van der Waals surface area contributed by atoms with E-state index in [-0.39, 0.29) is 34.6 Å². The Morgan fingerprint density at radius 1 is 1.00 bits per heavy atom. The summed E-state index contributed by atoms with van der Waals surface area (Å²) in [6, 6.07) is 6.43. The molecule has 10 nitrogen and oxygen atoms in total. The summed E-state index contributed by atoms with van der Waals surface area (Å²) in [7, 11) is -5.91. The number of carbonyl (C=O) groups excluding carboxylic acids is 1. The number of sulfonamides is 1. The van der Waals surface area contributed by atoms with Gasteiger partial charge in [0.25, 0.3) is 0 Å². The van der Waals surface area contributed by atoms with E-state index >= 15 is 0 Å². The summed E-state index contributed by atoms with van der Waals surface area (Å²) in [5, 5.41) is 32.5. The van der Waals surface area contributed by atoms with Crippen LogP contribution in [0.4, 0.5) is 0 Å². The highest BCUT2D eigenvalue weighted by Crippen LogP contribution is 2.30. The number of likely N-dealkylation sites (tertiary alicyclic amines) is 1. The molecule has 1 aromatic carbocycles. The van der Waals surface area contributed by atoms with Crippen LogP contribution < -0.4 is 5.32 Å². The first-order chi connectivity index (χ1) is 16.6. The van der Waals surface area contributed by atoms with E-state index in [0.29, 0.717) is 64.8 Å². The average molecular weight is 507 g/mol. The predicted octanol–water partition coefficient (Wildman–Crippen LogP) is -0.157. The third kappa shape index (κ3) is 6.27. The van der Waals surface area contributed by atoms with E-state index in [2.05, 4.69) is 5.32 Å². The molecule has 0 saturated carbocycles. The van der Waals surface area contributed by atoms with Crippen molar-refractivity contribution >= 4 is 30.2 Å². The Hall–Kier alpha value is -1.47. The number of piperidine rings is 2. The molecule has 0 bridgehead atoms. The van der Waals surface area contributed by atoms with Crippen LogP contribution in [0.3, 0.4) is 0 Å². The maximum absolute atomic E-state index is 12.9. The maximum atomic E-state index is 12.9. The number of rotatable bonds is 7. The Morgan fingerprint density at radius 3 is 2.20 bits per heavy atom. The minimum absolute atomic E-state index is 0.0221. The van der Waals surface area contributed by atoms with E-state index in [1.54, 1.807) is 29.2 Å². The van der Waals surface area contributed by atoms with Gasteiger partial charge in [0.2, 0.25) is 15.9 Å². The summed E-state index contributed by atoms with van der Waals surface area (Å²) in [6.07, 6.45) is 2.28. The van der Waals surface area contributed by atoms with Gasteiger partial charge in [-0.1, -0.05) is 17.7 Å². The van der Waals surface area contributed by atoms with Crippen LogP contribution in [0.2, 0.25) is 11.6 Å². The fraction of sp³-hybridized carbons (Fsp3) is 0.682. The van der Waals surface area contributed by atoms with Crippen molar-refractivity contribution in [3.8, 4) is 0 Å². The minimum atomic E-state index is -3.56. The molecule has 1 aromatic rings. The summed E-state index contributed by atoms with van der Waals surface area (Å²) in [6.45, 7) is 4.01. The van der Waals surface area contributed by atoms with Crippen molar-refractivity contribution in [2.45, 2.75) is 67.7 Å². The van der Waals surface area contributed by atoms with Crippen LogP contribution in [0.15, 0.2) is 29.2 Å². The van der Waals surface area contributed by atoms with Crippen LogP contribution in [0.25, 0.3) is 0 Å². The second-order valence-corrected chi connectivity index (χ2v) is 11.9. The molecule has 3 heterocycles. The average Bonchev–Trinajstić information content (AvgIpc) is 3.32. The molecule has 192 valence electrons. The highest BCUT2D eigenvalue weighted by molar-refractivity contribution is 7.89. The molecular formula is C22H35B2N3O7S. The summed E-state index contributed by atoms with van der Waals surface area (Å²) in [4.78, 5) is 14.9. The van der Waals surface area contributed by atoms with Crippen LogP contribution in [0, 0.1) is 6.92 Å². The SMILES string of the molecule is Cc1ccc(S(=O)(=O)N2CCC(B(O)OC3CNC(C(=O)N4CCC(B(O)O)CC4)C3)CC2)cc1. The lowest BCUT2D eigenvalue weighted by atomic mass is 9.67. The third-order valence-corrected chi connectivity index (χ3v) is 9.47. The Kier molecular flexibility index (Phi) is 8.57. The highest BCUT2D eigenvalue weighted by Gasteiger charge is 2.40. The number of amides is 1. The molecule has 3 fully saturated rings. The van der Waals surface area contributed by atoms with Crippen molar-refractivity contribution in [2.24, 2.45) is 0 Å². The smallest absolute Gasteiger partial charge is 0.427 e. The molecule has 2 unspecified atom stereocenters. The topological polar surface area (TPSA) is 140 Å². The number of hydrogen-bond acceptors (Lipinski definition) is 8. The van der Waals surface area contributed by atoms with Crippen LogP contribution in [-0.2, 0) is 19.5 Å². The lowest BCUT2D eigenvalue weighted by Crippen LogP contribution is -2.47. The number of nitrogens with one attached hydrogen (secondary N) is 1. The van der Waals surface area contributed by atoms with Gasteiger partial charge in [-0.05, 0) is 62.8 Å². The molecule has 2 atom stereocenters. The molecule has 4 rings (SSSR count). The number of hydrogen-bond donors (Lipinski definition) is 4. The van der Waals surface area contributed by atoms with Gasteiger partial charge in [0.1, 0.15) is 0 Å². The Balaban J connectivity index is 1.22. The normalized spacial score (nSPS) is 25.1. The Morgan fingerprint density at radius 2 is 1.60 bits per heavy atom. The second-order valence-electron chi connectivity index (χ2n) is 9.98. The third-order valence-electron chi connectivity index (χ3n) is 7.55. The molecule has 3 aliphatic rings. The van der Waals surface area contributed by atoms with Gasteiger partial charge in [0.15, 0.2) is 0 Å². The van der Waals surface area contributed by atoms with Crippen LogP contribution in [0.1, 0.15) is 37.7 Å². The number of aryl methyl sites for hydroxylation is 1. The maximum Gasteiger partial charge on any atom is 0.457 e. The molecule has 1 amide bonds. The first-order valence-electron chi connectivity index (χ1n) is 12.4. The fourth-order valence-corrected chi connectivity index (χ4v) is 6.67. The van der Waals surface area contributed by atoms with Crippen molar-refractivity contribution in [3.63, 3.8) is 0 Å². The predicted molar refractivity (Wildman–Crippen MR) is 132 cm³/mol. The highest BCUT2D eigenvalue weighted by atomic mass is 32.2. The van der Waals surface area contributed by atoms with Gasteiger partial charge in [-0.3, -0.25) is 4.79 Å². The summed E-state index contributed by atoms with van der Waals surface area (Å²) in [5.41, 5.74) is 0.999. The first kappa shape index (κ1) is 26.6. The van der Waals surface area contributed by atoms with E-state index < -0.39 is 24.3 Å². The zero-order valence-electron chi connectivity index (χ0n) is 20.1. The molecule has 13 heteroatoms. The van der Waals surface area contributed by atoms with Gasteiger partial charge in [0.05, 0.1) is 17.0 Å². The lowest BCUT2D eigenvalue weighted by Gasteiger charge is -2.33. The van der Waals surface area contributed by atoms with Crippen LogP contribution in [-0.4, -0.2) is 97.7 Å². The minimum Gasteiger partial charge on any atom is -0.427 e. The molecule has 0 aromatic heterocycles. The molecule has 0 spiro atoms. The first-order valence-corrected chi connectivity index (χ1v) is 13.9. The van der Waals surface area contributed by atoms with E-state index in [0.717, 1.165) is 5.56 Å². The van der Waals surface area contributed by atoms with Crippen molar-refractivity contribution in [3.05, 3.63) is 29.8 Å². The molecule has 0 radical (unpaired) electrons. The van der Waals surface area contributed by atoms with Crippen molar-refractivity contribution < 1.29 is 32.9 Å². The fourth-order valence-electron chi connectivity index (χ4n) is 5.20. The van der Waals surface area contributed by atoms with Gasteiger partial charge >= 0.3 is 14.2 Å². The molecule has 3 aliphatic heterocycles. The van der Waals surface area contributed by atoms with Crippen molar-refractivity contribution in [1.29, 1.82) is 0 Å². The molecular weight excluding hydrogens is 472 g/mol. The zero-order valence-corrected chi connectivity index (χ0v) is 20.9. The largest absolute Gasteiger partial charge is 0.457 e. The molecule has 0 aliphatic carbocycles. The number of benzene rings is 1. The van der Waals surface area contributed by atoms with Crippen LogP contribution in [0.5, 0.6) is 0 Å². The zero-order chi connectivity index (χ0) is 25.2. The van der Waals surface area contributed by atoms with Gasteiger partial charge in [-0.25, -0.2) is 8.42 Å². The van der Waals surface area contributed by atoms with E-state index in [4.69, 9.17) is 4.65 Å². The van der Waals surface area contributed by atoms with Crippen molar-refractivity contribution in [2.75, 3.05) is 32.7 Å².